The lowest BCUT2D eigenvalue weighted by Crippen LogP contribution is -2.00. The van der Waals surface area contributed by atoms with Crippen LogP contribution in [0.4, 0.5) is 0 Å². The molecule has 0 atom stereocenters. The van der Waals surface area contributed by atoms with Crippen molar-refractivity contribution in [2.24, 2.45) is 0 Å². The molecule has 162 valence electrons. The molecule has 0 saturated carbocycles. The van der Waals surface area contributed by atoms with Gasteiger partial charge in [0.25, 0.3) is 0 Å². The molecule has 3 nitrogen and oxygen atoms in total. The minimum atomic E-state index is 0.719. The first-order valence-electron chi connectivity index (χ1n) is 12.2. The summed E-state index contributed by atoms with van der Waals surface area (Å²) in [7, 11) is 0. The zero-order valence-electron chi connectivity index (χ0n) is 18.7. The summed E-state index contributed by atoms with van der Waals surface area (Å²) in [5.74, 6) is 0.719. The molecule has 1 aromatic heterocycles. The SMILES string of the molecule is CCCCCCCCCCCCCCCCCCOc1ncnc2ccccc12. The summed E-state index contributed by atoms with van der Waals surface area (Å²) in [5.41, 5.74) is 0.949. The average molecular weight is 399 g/mol. The second kappa shape index (κ2) is 16.2. The van der Waals surface area contributed by atoms with Crippen molar-refractivity contribution in [3.63, 3.8) is 0 Å². The Morgan fingerprint density at radius 1 is 0.621 bits per heavy atom. The van der Waals surface area contributed by atoms with Gasteiger partial charge in [0.2, 0.25) is 5.88 Å². The van der Waals surface area contributed by atoms with E-state index < -0.39 is 0 Å². The predicted molar refractivity (Wildman–Crippen MR) is 125 cm³/mol. The van der Waals surface area contributed by atoms with E-state index in [-0.39, 0.29) is 0 Å². The zero-order chi connectivity index (χ0) is 20.4. The molecule has 1 heterocycles. The Balaban J connectivity index is 1.35. The van der Waals surface area contributed by atoms with E-state index in [1.165, 1.54) is 96.3 Å². The summed E-state index contributed by atoms with van der Waals surface area (Å²) in [6, 6.07) is 8.03. The third-order valence-corrected chi connectivity index (χ3v) is 5.74. The second-order valence-corrected chi connectivity index (χ2v) is 8.35. The van der Waals surface area contributed by atoms with E-state index in [2.05, 4.69) is 16.9 Å². The highest BCUT2D eigenvalue weighted by Gasteiger charge is 2.03. The van der Waals surface area contributed by atoms with Gasteiger partial charge in [0.1, 0.15) is 6.33 Å². The highest BCUT2D eigenvalue weighted by Crippen LogP contribution is 2.21. The van der Waals surface area contributed by atoms with E-state index in [0.29, 0.717) is 0 Å². The largest absolute Gasteiger partial charge is 0.477 e. The van der Waals surface area contributed by atoms with Crippen LogP contribution < -0.4 is 4.74 Å². The molecule has 0 spiro atoms. The first kappa shape index (κ1) is 23.6. The second-order valence-electron chi connectivity index (χ2n) is 8.35. The number of hydrogen-bond donors (Lipinski definition) is 0. The van der Waals surface area contributed by atoms with Crippen molar-refractivity contribution in [3.8, 4) is 5.88 Å². The van der Waals surface area contributed by atoms with E-state index in [9.17, 15) is 0 Å². The molecule has 0 fully saturated rings. The van der Waals surface area contributed by atoms with Crippen LogP contribution in [-0.4, -0.2) is 16.6 Å². The maximum Gasteiger partial charge on any atom is 0.224 e. The van der Waals surface area contributed by atoms with Gasteiger partial charge in [-0.25, -0.2) is 9.97 Å². The van der Waals surface area contributed by atoms with Crippen molar-refractivity contribution in [1.29, 1.82) is 0 Å². The zero-order valence-corrected chi connectivity index (χ0v) is 18.7. The number of unbranched alkanes of at least 4 members (excludes halogenated alkanes) is 15. The van der Waals surface area contributed by atoms with Gasteiger partial charge in [-0.1, -0.05) is 115 Å². The lowest BCUT2D eigenvalue weighted by atomic mass is 10.0. The van der Waals surface area contributed by atoms with Gasteiger partial charge in [-0.2, -0.15) is 0 Å². The van der Waals surface area contributed by atoms with E-state index in [1.54, 1.807) is 6.33 Å². The van der Waals surface area contributed by atoms with Crippen LogP contribution in [0.1, 0.15) is 110 Å². The molecule has 0 N–H and O–H groups in total. The molecule has 1 aromatic carbocycles. The fourth-order valence-corrected chi connectivity index (χ4v) is 3.91. The molecular formula is C26H42N2O. The van der Waals surface area contributed by atoms with Gasteiger partial charge < -0.3 is 4.74 Å². The number of hydrogen-bond acceptors (Lipinski definition) is 3. The third kappa shape index (κ3) is 10.6. The first-order valence-corrected chi connectivity index (χ1v) is 12.2. The third-order valence-electron chi connectivity index (χ3n) is 5.74. The Labute approximate surface area is 178 Å². The van der Waals surface area contributed by atoms with Crippen LogP contribution in [0.15, 0.2) is 30.6 Å². The normalized spacial score (nSPS) is 11.2. The number of rotatable bonds is 18. The summed E-state index contributed by atoms with van der Waals surface area (Å²) < 4.78 is 5.89. The highest BCUT2D eigenvalue weighted by atomic mass is 16.5. The van der Waals surface area contributed by atoms with Gasteiger partial charge in [-0.05, 0) is 18.6 Å². The molecule has 2 rings (SSSR count). The van der Waals surface area contributed by atoms with Crippen LogP contribution in [-0.2, 0) is 0 Å². The van der Waals surface area contributed by atoms with Gasteiger partial charge >= 0.3 is 0 Å². The summed E-state index contributed by atoms with van der Waals surface area (Å²) >= 11 is 0. The Hall–Kier alpha value is -1.64. The van der Waals surface area contributed by atoms with Crippen molar-refractivity contribution in [1.82, 2.24) is 9.97 Å². The van der Waals surface area contributed by atoms with E-state index in [1.807, 2.05) is 24.3 Å². The minimum Gasteiger partial charge on any atom is -0.477 e. The number of fused-ring (bicyclic) bond motifs is 1. The van der Waals surface area contributed by atoms with E-state index in [0.717, 1.165) is 29.8 Å². The minimum absolute atomic E-state index is 0.719. The van der Waals surface area contributed by atoms with Crippen molar-refractivity contribution < 1.29 is 4.74 Å². The summed E-state index contributed by atoms with van der Waals surface area (Å²) in [6.45, 7) is 3.04. The van der Waals surface area contributed by atoms with Crippen LogP contribution in [0.3, 0.4) is 0 Å². The smallest absolute Gasteiger partial charge is 0.224 e. The molecular weight excluding hydrogens is 356 g/mol. The van der Waals surface area contributed by atoms with Crippen LogP contribution in [0.2, 0.25) is 0 Å². The fourth-order valence-electron chi connectivity index (χ4n) is 3.91. The number of para-hydroxylation sites is 1. The van der Waals surface area contributed by atoms with Crippen molar-refractivity contribution >= 4 is 10.9 Å². The summed E-state index contributed by atoms with van der Waals surface area (Å²) in [4.78, 5) is 8.56. The van der Waals surface area contributed by atoms with Crippen LogP contribution >= 0.6 is 0 Å². The number of nitrogens with zero attached hydrogens (tertiary/aromatic N) is 2. The molecule has 0 bridgehead atoms. The van der Waals surface area contributed by atoms with Gasteiger partial charge in [0.05, 0.1) is 17.5 Å². The van der Waals surface area contributed by atoms with Gasteiger partial charge in [-0.3, -0.25) is 0 Å². The lowest BCUT2D eigenvalue weighted by Gasteiger charge is -2.07. The highest BCUT2D eigenvalue weighted by molar-refractivity contribution is 5.82. The maximum absolute atomic E-state index is 5.89. The molecule has 0 amide bonds. The van der Waals surface area contributed by atoms with Crippen LogP contribution in [0.25, 0.3) is 10.9 Å². The molecule has 3 heteroatoms. The van der Waals surface area contributed by atoms with Crippen LogP contribution in [0, 0.1) is 0 Å². The van der Waals surface area contributed by atoms with Crippen molar-refractivity contribution in [2.75, 3.05) is 6.61 Å². The van der Waals surface area contributed by atoms with Crippen LogP contribution in [0.5, 0.6) is 5.88 Å². The first-order chi connectivity index (χ1) is 14.4. The molecule has 0 aliphatic rings. The molecule has 29 heavy (non-hydrogen) atoms. The van der Waals surface area contributed by atoms with Gasteiger partial charge in [-0.15, -0.1) is 0 Å². The Bertz CT molecular complexity index is 638. The van der Waals surface area contributed by atoms with Crippen molar-refractivity contribution in [2.45, 2.75) is 110 Å². The Morgan fingerprint density at radius 2 is 1.14 bits per heavy atom. The standard InChI is InChI=1S/C26H42N2O/c1-2-3-4-5-6-7-8-9-10-11-12-13-14-15-16-19-22-29-26-24-20-17-18-21-25(24)27-23-28-26/h17-18,20-21,23H,2-16,19,22H2,1H3. The number of aromatic nitrogens is 2. The predicted octanol–water partition coefficient (Wildman–Crippen LogP) is 8.27. The Morgan fingerprint density at radius 3 is 1.72 bits per heavy atom. The van der Waals surface area contributed by atoms with Gasteiger partial charge in [0, 0.05) is 0 Å². The quantitative estimate of drug-likeness (QED) is 0.237. The molecule has 0 unspecified atom stereocenters. The maximum atomic E-state index is 5.89. The number of ether oxygens (including phenoxy) is 1. The average Bonchev–Trinajstić information content (AvgIpc) is 2.76. The summed E-state index contributed by atoms with van der Waals surface area (Å²) in [5, 5.41) is 1.01. The molecule has 0 saturated heterocycles. The fraction of sp³-hybridized carbons (Fsp3) is 0.692. The number of benzene rings is 1. The molecule has 0 radical (unpaired) electrons. The monoisotopic (exact) mass is 398 g/mol. The van der Waals surface area contributed by atoms with E-state index in [4.69, 9.17) is 4.74 Å². The Kier molecular flexibility index (Phi) is 13.2. The molecule has 2 aromatic rings. The van der Waals surface area contributed by atoms with Gasteiger partial charge in [0.15, 0.2) is 0 Å². The molecule has 0 aliphatic heterocycles. The van der Waals surface area contributed by atoms with Crippen molar-refractivity contribution in [3.05, 3.63) is 30.6 Å². The summed E-state index contributed by atoms with van der Waals surface area (Å²) in [6.07, 6.45) is 23.8. The topological polar surface area (TPSA) is 35.0 Å². The lowest BCUT2D eigenvalue weighted by molar-refractivity contribution is 0.296. The molecule has 0 aliphatic carbocycles. The van der Waals surface area contributed by atoms with E-state index >= 15 is 0 Å².